The summed E-state index contributed by atoms with van der Waals surface area (Å²) in [4.78, 5) is 14.5. The van der Waals surface area contributed by atoms with Crippen LogP contribution in [-0.2, 0) is 4.79 Å². The predicted molar refractivity (Wildman–Crippen MR) is 77.6 cm³/mol. The number of nitrogens with zero attached hydrogens (tertiary/aromatic N) is 1. The summed E-state index contributed by atoms with van der Waals surface area (Å²) in [6.45, 7) is 4.18. The molecule has 1 fully saturated rings. The van der Waals surface area contributed by atoms with Crippen LogP contribution in [-0.4, -0.2) is 22.9 Å². The highest BCUT2D eigenvalue weighted by atomic mass is 16.2. The van der Waals surface area contributed by atoms with E-state index in [1.165, 1.54) is 6.42 Å². The fourth-order valence-corrected chi connectivity index (χ4v) is 2.69. The summed E-state index contributed by atoms with van der Waals surface area (Å²) < 4.78 is 0. The molecule has 0 heterocycles. The number of amides is 1. The fourth-order valence-electron chi connectivity index (χ4n) is 2.69. The van der Waals surface area contributed by atoms with Crippen molar-refractivity contribution in [3.63, 3.8) is 0 Å². The van der Waals surface area contributed by atoms with Crippen LogP contribution in [0.4, 0.5) is 0 Å². The number of carbonyl (C=O) groups is 1. The van der Waals surface area contributed by atoms with E-state index in [4.69, 9.17) is 5.73 Å². The van der Waals surface area contributed by atoms with Gasteiger partial charge in [0.25, 0.3) is 0 Å². The maximum atomic E-state index is 12.4. The van der Waals surface area contributed by atoms with Crippen molar-refractivity contribution in [1.29, 1.82) is 0 Å². The van der Waals surface area contributed by atoms with Crippen molar-refractivity contribution in [3.8, 4) is 0 Å². The molecule has 2 N–H and O–H groups in total. The topological polar surface area (TPSA) is 46.3 Å². The summed E-state index contributed by atoms with van der Waals surface area (Å²) in [6, 6.07) is 10.4. The highest BCUT2D eigenvalue weighted by Crippen LogP contribution is 2.28. The van der Waals surface area contributed by atoms with Gasteiger partial charge in [-0.1, -0.05) is 30.3 Å². The molecule has 0 bridgehead atoms. The van der Waals surface area contributed by atoms with Gasteiger partial charge in [-0.2, -0.15) is 0 Å². The van der Waals surface area contributed by atoms with E-state index in [0.29, 0.717) is 12.5 Å². The molecule has 1 aromatic rings. The van der Waals surface area contributed by atoms with Crippen LogP contribution in [0.3, 0.4) is 0 Å². The largest absolute Gasteiger partial charge is 0.337 e. The lowest BCUT2D eigenvalue weighted by atomic mass is 9.90. The Morgan fingerprint density at radius 2 is 1.95 bits per heavy atom. The van der Waals surface area contributed by atoms with Crippen molar-refractivity contribution in [2.75, 3.05) is 0 Å². The second-order valence-corrected chi connectivity index (χ2v) is 5.70. The van der Waals surface area contributed by atoms with Crippen molar-refractivity contribution in [2.45, 2.75) is 57.7 Å². The van der Waals surface area contributed by atoms with E-state index >= 15 is 0 Å². The van der Waals surface area contributed by atoms with Crippen LogP contribution >= 0.6 is 0 Å². The summed E-state index contributed by atoms with van der Waals surface area (Å²) in [7, 11) is 0. The third-order valence-electron chi connectivity index (χ3n) is 3.93. The highest BCUT2D eigenvalue weighted by molar-refractivity contribution is 5.77. The molecule has 0 aromatic heterocycles. The molecule has 1 aliphatic rings. The molecule has 1 atom stereocenters. The monoisotopic (exact) mass is 260 g/mol. The Morgan fingerprint density at radius 1 is 1.32 bits per heavy atom. The Balaban J connectivity index is 1.98. The lowest BCUT2D eigenvalue weighted by Gasteiger charge is -2.40. The van der Waals surface area contributed by atoms with Crippen molar-refractivity contribution in [3.05, 3.63) is 35.9 Å². The standard InChI is InChI=1S/C16H24N2O/c1-12(2)18(14-9-6-10-14)16(19)11-15(17)13-7-4-3-5-8-13/h3-5,7-8,12,14-15H,6,9-11,17H2,1-2H3/t15-/m0/s1. The predicted octanol–water partition coefficient (Wildman–Crippen LogP) is 2.87. The van der Waals surface area contributed by atoms with Crippen LogP contribution in [0.5, 0.6) is 0 Å². The molecule has 19 heavy (non-hydrogen) atoms. The van der Waals surface area contributed by atoms with Crippen LogP contribution in [0.15, 0.2) is 30.3 Å². The summed E-state index contributed by atoms with van der Waals surface area (Å²) in [5, 5.41) is 0. The van der Waals surface area contributed by atoms with E-state index in [0.717, 1.165) is 18.4 Å². The molecule has 3 nitrogen and oxygen atoms in total. The molecule has 0 unspecified atom stereocenters. The normalized spacial score (nSPS) is 17.1. The Labute approximate surface area is 115 Å². The van der Waals surface area contributed by atoms with Gasteiger partial charge in [-0.15, -0.1) is 0 Å². The van der Waals surface area contributed by atoms with Crippen LogP contribution in [0.2, 0.25) is 0 Å². The van der Waals surface area contributed by atoms with E-state index in [1.807, 2.05) is 35.2 Å². The molecule has 104 valence electrons. The fraction of sp³-hybridized carbons (Fsp3) is 0.562. The number of rotatable bonds is 5. The first-order valence-electron chi connectivity index (χ1n) is 7.21. The number of hydrogen-bond donors (Lipinski definition) is 1. The highest BCUT2D eigenvalue weighted by Gasteiger charge is 2.31. The van der Waals surface area contributed by atoms with Gasteiger partial charge in [-0.05, 0) is 38.7 Å². The van der Waals surface area contributed by atoms with E-state index in [2.05, 4.69) is 13.8 Å². The Morgan fingerprint density at radius 3 is 2.42 bits per heavy atom. The Kier molecular flexibility index (Phi) is 4.59. The zero-order chi connectivity index (χ0) is 13.8. The van der Waals surface area contributed by atoms with Crippen LogP contribution in [0.1, 0.15) is 51.1 Å². The van der Waals surface area contributed by atoms with Crippen LogP contribution < -0.4 is 5.73 Å². The molecule has 2 rings (SSSR count). The molecule has 0 aliphatic heterocycles. The zero-order valence-electron chi connectivity index (χ0n) is 11.9. The minimum absolute atomic E-state index is 0.191. The van der Waals surface area contributed by atoms with Gasteiger partial charge in [0.1, 0.15) is 0 Å². The molecule has 1 amide bonds. The van der Waals surface area contributed by atoms with Gasteiger partial charge < -0.3 is 10.6 Å². The van der Waals surface area contributed by atoms with Crippen LogP contribution in [0, 0.1) is 0 Å². The molecule has 0 saturated heterocycles. The second-order valence-electron chi connectivity index (χ2n) is 5.70. The van der Waals surface area contributed by atoms with E-state index in [-0.39, 0.29) is 18.0 Å². The minimum atomic E-state index is -0.199. The Hall–Kier alpha value is -1.35. The van der Waals surface area contributed by atoms with E-state index < -0.39 is 0 Å². The molecular formula is C16H24N2O. The molecular weight excluding hydrogens is 236 g/mol. The maximum Gasteiger partial charge on any atom is 0.224 e. The zero-order valence-corrected chi connectivity index (χ0v) is 11.9. The van der Waals surface area contributed by atoms with Crippen molar-refractivity contribution >= 4 is 5.91 Å². The summed E-state index contributed by atoms with van der Waals surface area (Å²) in [5.74, 6) is 0.191. The number of nitrogens with two attached hydrogens (primary N) is 1. The first kappa shape index (κ1) is 14.1. The van der Waals surface area contributed by atoms with Gasteiger partial charge >= 0.3 is 0 Å². The quantitative estimate of drug-likeness (QED) is 0.885. The van der Waals surface area contributed by atoms with Crippen molar-refractivity contribution < 1.29 is 4.79 Å². The van der Waals surface area contributed by atoms with Gasteiger partial charge in [0, 0.05) is 24.5 Å². The first-order chi connectivity index (χ1) is 9.09. The van der Waals surface area contributed by atoms with E-state index in [9.17, 15) is 4.79 Å². The lowest BCUT2D eigenvalue weighted by Crippen LogP contribution is -2.48. The first-order valence-corrected chi connectivity index (χ1v) is 7.21. The summed E-state index contributed by atoms with van der Waals surface area (Å²) in [5.41, 5.74) is 7.18. The third kappa shape index (κ3) is 3.35. The molecule has 1 aromatic carbocycles. The average Bonchev–Trinajstić information content (AvgIpc) is 2.33. The number of carbonyl (C=O) groups excluding carboxylic acids is 1. The SMILES string of the molecule is CC(C)N(C(=O)C[C@H](N)c1ccccc1)C1CCC1. The van der Waals surface area contributed by atoms with Gasteiger partial charge in [0.2, 0.25) is 5.91 Å². The summed E-state index contributed by atoms with van der Waals surface area (Å²) in [6.07, 6.45) is 3.93. The smallest absolute Gasteiger partial charge is 0.224 e. The molecule has 1 aliphatic carbocycles. The molecule has 3 heteroatoms. The minimum Gasteiger partial charge on any atom is -0.337 e. The second kappa shape index (κ2) is 6.20. The van der Waals surface area contributed by atoms with Gasteiger partial charge in [0.05, 0.1) is 0 Å². The van der Waals surface area contributed by atoms with Gasteiger partial charge in [-0.25, -0.2) is 0 Å². The molecule has 0 radical (unpaired) electrons. The van der Waals surface area contributed by atoms with Gasteiger partial charge in [0.15, 0.2) is 0 Å². The van der Waals surface area contributed by atoms with Crippen LogP contribution in [0.25, 0.3) is 0 Å². The van der Waals surface area contributed by atoms with E-state index in [1.54, 1.807) is 0 Å². The third-order valence-corrected chi connectivity index (χ3v) is 3.93. The summed E-state index contributed by atoms with van der Waals surface area (Å²) >= 11 is 0. The van der Waals surface area contributed by atoms with Gasteiger partial charge in [-0.3, -0.25) is 4.79 Å². The maximum absolute atomic E-state index is 12.4. The average molecular weight is 260 g/mol. The van der Waals surface area contributed by atoms with Crippen molar-refractivity contribution in [1.82, 2.24) is 4.90 Å². The lowest BCUT2D eigenvalue weighted by molar-refractivity contribution is -0.137. The molecule has 0 spiro atoms. The molecule has 1 saturated carbocycles. The number of benzene rings is 1. The number of hydrogen-bond acceptors (Lipinski definition) is 2. The Bertz CT molecular complexity index is 412. The van der Waals surface area contributed by atoms with Crippen molar-refractivity contribution in [2.24, 2.45) is 5.73 Å².